The molecule has 0 unspecified atom stereocenters. The van der Waals surface area contributed by atoms with Gasteiger partial charge in [-0.05, 0) is 35.4 Å². The lowest BCUT2D eigenvalue weighted by molar-refractivity contribution is 0.620. The van der Waals surface area contributed by atoms with E-state index < -0.39 is 0 Å². The van der Waals surface area contributed by atoms with Crippen molar-refractivity contribution in [1.29, 1.82) is 0 Å². The van der Waals surface area contributed by atoms with Gasteiger partial charge in [0.15, 0.2) is 23.1 Å². The zero-order chi connectivity index (χ0) is 30.5. The molecule has 0 radical (unpaired) electrons. The van der Waals surface area contributed by atoms with Crippen LogP contribution in [0, 0.1) is 0 Å². The summed E-state index contributed by atoms with van der Waals surface area (Å²) in [5.74, 6) is 2.55. The van der Waals surface area contributed by atoms with Crippen LogP contribution in [0.4, 0.5) is 0 Å². The first-order valence-corrected chi connectivity index (χ1v) is 15.9. The van der Waals surface area contributed by atoms with Crippen molar-refractivity contribution in [2.45, 2.75) is 0 Å². The summed E-state index contributed by atoms with van der Waals surface area (Å²) in [4.78, 5) is 19.7. The first kappa shape index (κ1) is 26.4. The van der Waals surface area contributed by atoms with Gasteiger partial charge >= 0.3 is 0 Å². The molecule has 46 heavy (non-hydrogen) atoms. The van der Waals surface area contributed by atoms with Crippen LogP contribution in [0.15, 0.2) is 150 Å². The number of rotatable bonds is 5. The van der Waals surface area contributed by atoms with Crippen LogP contribution in [0.3, 0.4) is 0 Å². The minimum Gasteiger partial charge on any atom is -0.436 e. The topological polar surface area (TPSA) is 64.7 Å². The number of aromatic nitrogens is 4. The van der Waals surface area contributed by atoms with Gasteiger partial charge in [0.05, 0.1) is 0 Å². The zero-order valence-corrected chi connectivity index (χ0v) is 25.3. The third kappa shape index (κ3) is 4.72. The first-order chi connectivity index (χ1) is 22.7. The Morgan fingerprint density at radius 1 is 0.391 bits per heavy atom. The van der Waals surface area contributed by atoms with Crippen molar-refractivity contribution in [3.8, 4) is 56.7 Å². The third-order valence-electron chi connectivity index (χ3n) is 8.18. The van der Waals surface area contributed by atoms with Gasteiger partial charge in [-0.15, -0.1) is 11.3 Å². The van der Waals surface area contributed by atoms with Gasteiger partial charge < -0.3 is 4.42 Å². The standard InChI is InChI=1S/C40H24N4OS/c1-4-10-25(11-5-1)26-16-18-28(19-17-26)38-42-37(27-12-6-2-7-13-27)43-39(44-38)30-20-21-31-32-23-33-34(24-36(32)46-35(31)22-30)45-40(41-33)29-14-8-3-9-15-29/h1-24H. The summed E-state index contributed by atoms with van der Waals surface area (Å²) in [7, 11) is 0. The largest absolute Gasteiger partial charge is 0.436 e. The summed E-state index contributed by atoms with van der Waals surface area (Å²) in [5, 5.41) is 2.33. The molecule has 0 fully saturated rings. The molecule has 3 aromatic heterocycles. The number of oxazole rings is 1. The molecule has 0 aliphatic heterocycles. The van der Waals surface area contributed by atoms with Crippen molar-refractivity contribution in [2.75, 3.05) is 0 Å². The number of nitrogens with zero attached hydrogens (tertiary/aromatic N) is 4. The van der Waals surface area contributed by atoms with Crippen molar-refractivity contribution in [1.82, 2.24) is 19.9 Å². The van der Waals surface area contributed by atoms with E-state index in [4.69, 9.17) is 24.4 Å². The van der Waals surface area contributed by atoms with Gasteiger partial charge in [0.2, 0.25) is 5.89 Å². The molecule has 0 bridgehead atoms. The Morgan fingerprint density at radius 3 is 1.57 bits per heavy atom. The van der Waals surface area contributed by atoms with E-state index in [0.29, 0.717) is 23.4 Å². The molecule has 0 atom stereocenters. The maximum atomic E-state index is 6.16. The second-order valence-corrected chi connectivity index (χ2v) is 12.2. The molecule has 0 amide bonds. The fraction of sp³-hybridized carbons (Fsp3) is 0. The van der Waals surface area contributed by atoms with Crippen LogP contribution < -0.4 is 0 Å². The normalized spacial score (nSPS) is 11.5. The summed E-state index contributed by atoms with van der Waals surface area (Å²) in [6.45, 7) is 0. The van der Waals surface area contributed by atoms with Crippen LogP contribution in [0.25, 0.3) is 88.0 Å². The van der Waals surface area contributed by atoms with E-state index >= 15 is 0 Å². The van der Waals surface area contributed by atoms with Crippen LogP contribution in [-0.4, -0.2) is 19.9 Å². The third-order valence-corrected chi connectivity index (χ3v) is 9.29. The van der Waals surface area contributed by atoms with E-state index in [1.807, 2.05) is 66.7 Å². The van der Waals surface area contributed by atoms with Crippen LogP contribution in [0.2, 0.25) is 0 Å². The monoisotopic (exact) mass is 608 g/mol. The molecule has 9 rings (SSSR count). The lowest BCUT2D eigenvalue weighted by Gasteiger charge is -2.09. The molecule has 0 N–H and O–H groups in total. The predicted molar refractivity (Wildman–Crippen MR) is 187 cm³/mol. The van der Waals surface area contributed by atoms with E-state index in [-0.39, 0.29) is 0 Å². The minimum absolute atomic E-state index is 0.634. The quantitative estimate of drug-likeness (QED) is 0.194. The molecule has 216 valence electrons. The zero-order valence-electron chi connectivity index (χ0n) is 24.5. The molecular weight excluding hydrogens is 585 g/mol. The SMILES string of the molecule is c1ccc(-c2ccc(-c3nc(-c4ccccc4)nc(-c4ccc5c(c4)sc4cc6oc(-c7ccccc7)nc6cc45)n3)cc2)cc1. The summed E-state index contributed by atoms with van der Waals surface area (Å²) >= 11 is 1.73. The lowest BCUT2D eigenvalue weighted by Crippen LogP contribution is -2.00. The molecular formula is C40H24N4OS. The van der Waals surface area contributed by atoms with Crippen LogP contribution in [0.1, 0.15) is 0 Å². The lowest BCUT2D eigenvalue weighted by atomic mass is 10.0. The van der Waals surface area contributed by atoms with E-state index in [1.54, 1.807) is 11.3 Å². The van der Waals surface area contributed by atoms with E-state index in [2.05, 4.69) is 78.9 Å². The molecule has 0 saturated carbocycles. The highest BCUT2D eigenvalue weighted by molar-refractivity contribution is 7.25. The Morgan fingerprint density at radius 2 is 0.891 bits per heavy atom. The Bertz CT molecular complexity index is 2510. The Balaban J connectivity index is 1.14. The minimum atomic E-state index is 0.634. The summed E-state index contributed by atoms with van der Waals surface area (Å²) < 4.78 is 8.46. The highest BCUT2D eigenvalue weighted by atomic mass is 32.1. The van der Waals surface area contributed by atoms with Crippen molar-refractivity contribution in [3.05, 3.63) is 146 Å². The first-order valence-electron chi connectivity index (χ1n) is 15.1. The van der Waals surface area contributed by atoms with Crippen molar-refractivity contribution < 1.29 is 4.42 Å². The van der Waals surface area contributed by atoms with Crippen molar-refractivity contribution in [3.63, 3.8) is 0 Å². The smallest absolute Gasteiger partial charge is 0.227 e. The molecule has 5 nitrogen and oxygen atoms in total. The maximum Gasteiger partial charge on any atom is 0.227 e. The van der Waals surface area contributed by atoms with E-state index in [0.717, 1.165) is 53.7 Å². The van der Waals surface area contributed by atoms with Crippen molar-refractivity contribution in [2.24, 2.45) is 0 Å². The van der Waals surface area contributed by atoms with Crippen molar-refractivity contribution >= 4 is 42.6 Å². The van der Waals surface area contributed by atoms with Gasteiger partial charge in [-0.1, -0.05) is 115 Å². The van der Waals surface area contributed by atoms with Gasteiger partial charge in [0.25, 0.3) is 0 Å². The number of hydrogen-bond donors (Lipinski definition) is 0. The Labute approximate surface area is 268 Å². The molecule has 0 aliphatic rings. The average Bonchev–Trinajstić information content (AvgIpc) is 3.71. The molecule has 6 aromatic carbocycles. The van der Waals surface area contributed by atoms with E-state index in [1.165, 1.54) is 10.9 Å². The molecule has 0 spiro atoms. The summed E-state index contributed by atoms with van der Waals surface area (Å²) in [5.41, 5.74) is 7.75. The second kappa shape index (κ2) is 10.9. The fourth-order valence-electron chi connectivity index (χ4n) is 5.83. The molecule has 6 heteroatoms. The number of thiophene rings is 1. The number of benzene rings is 6. The van der Waals surface area contributed by atoms with Crippen LogP contribution in [0.5, 0.6) is 0 Å². The molecule has 0 saturated heterocycles. The molecule has 3 heterocycles. The predicted octanol–water partition coefficient (Wildman–Crippen LogP) is 10.7. The van der Waals surface area contributed by atoms with Crippen LogP contribution in [-0.2, 0) is 0 Å². The van der Waals surface area contributed by atoms with E-state index in [9.17, 15) is 0 Å². The highest BCUT2D eigenvalue weighted by Crippen LogP contribution is 2.39. The van der Waals surface area contributed by atoms with Crippen LogP contribution >= 0.6 is 11.3 Å². The second-order valence-electron chi connectivity index (χ2n) is 11.1. The number of hydrogen-bond acceptors (Lipinski definition) is 6. The average molecular weight is 609 g/mol. The molecule has 9 aromatic rings. The Hall–Kier alpha value is -5.98. The maximum absolute atomic E-state index is 6.16. The van der Waals surface area contributed by atoms with Gasteiger partial charge in [-0.25, -0.2) is 19.9 Å². The molecule has 0 aliphatic carbocycles. The highest BCUT2D eigenvalue weighted by Gasteiger charge is 2.16. The van der Waals surface area contributed by atoms with Gasteiger partial charge in [0.1, 0.15) is 5.52 Å². The fourth-order valence-corrected chi connectivity index (χ4v) is 6.99. The summed E-state index contributed by atoms with van der Waals surface area (Å²) in [6, 6.07) is 49.5. The van der Waals surface area contributed by atoms with Gasteiger partial charge in [0, 0.05) is 48.5 Å². The Kier molecular flexibility index (Phi) is 6.25. The summed E-state index contributed by atoms with van der Waals surface area (Å²) in [6.07, 6.45) is 0. The number of fused-ring (bicyclic) bond motifs is 4. The van der Waals surface area contributed by atoms with Gasteiger partial charge in [-0.3, -0.25) is 0 Å². The van der Waals surface area contributed by atoms with Gasteiger partial charge in [-0.2, -0.15) is 0 Å².